The van der Waals surface area contributed by atoms with E-state index < -0.39 is 0 Å². The van der Waals surface area contributed by atoms with E-state index >= 15 is 0 Å². The third kappa shape index (κ3) is 4.55. The maximum Gasteiger partial charge on any atom is 0.0155 e. The standard InChI is InChI=1S/C14H29N/c1-12(2,3)6-9-14(15)10-7-13(4,5)8-11-14/h6-11,15H2,1-5H3. The van der Waals surface area contributed by atoms with Crippen LogP contribution in [0, 0.1) is 10.8 Å². The van der Waals surface area contributed by atoms with Crippen molar-refractivity contribution in [1.82, 2.24) is 0 Å². The molecule has 0 heterocycles. The molecule has 0 spiro atoms. The molecule has 1 rings (SSSR count). The van der Waals surface area contributed by atoms with Crippen LogP contribution in [0.25, 0.3) is 0 Å². The second-order valence-electron chi connectivity index (χ2n) is 7.59. The number of rotatable bonds is 2. The SMILES string of the molecule is CC(C)(C)CCC1(N)CCC(C)(C)CC1. The summed E-state index contributed by atoms with van der Waals surface area (Å²) in [6, 6.07) is 0. The van der Waals surface area contributed by atoms with Gasteiger partial charge in [0.1, 0.15) is 0 Å². The van der Waals surface area contributed by atoms with Gasteiger partial charge in [-0.1, -0.05) is 34.6 Å². The van der Waals surface area contributed by atoms with E-state index in [1.54, 1.807) is 0 Å². The van der Waals surface area contributed by atoms with Crippen molar-refractivity contribution >= 4 is 0 Å². The van der Waals surface area contributed by atoms with Crippen molar-refractivity contribution in [2.45, 2.75) is 78.7 Å². The highest BCUT2D eigenvalue weighted by Crippen LogP contribution is 2.41. The molecule has 0 aromatic carbocycles. The van der Waals surface area contributed by atoms with Gasteiger partial charge in [0, 0.05) is 5.54 Å². The molecule has 1 nitrogen and oxygen atoms in total. The van der Waals surface area contributed by atoms with Gasteiger partial charge in [-0.05, 0) is 49.4 Å². The Balaban J connectivity index is 2.42. The zero-order valence-electron chi connectivity index (χ0n) is 11.3. The van der Waals surface area contributed by atoms with Crippen LogP contribution in [0.2, 0.25) is 0 Å². The molecule has 1 aliphatic rings. The Morgan fingerprint density at radius 2 is 1.47 bits per heavy atom. The molecule has 1 saturated carbocycles. The minimum Gasteiger partial charge on any atom is -0.325 e. The normalized spacial score (nSPS) is 25.2. The van der Waals surface area contributed by atoms with Crippen molar-refractivity contribution in [3.8, 4) is 0 Å². The van der Waals surface area contributed by atoms with Crippen molar-refractivity contribution in [3.05, 3.63) is 0 Å². The van der Waals surface area contributed by atoms with Crippen LogP contribution >= 0.6 is 0 Å². The average molecular weight is 211 g/mol. The maximum absolute atomic E-state index is 6.49. The Kier molecular flexibility index (Phi) is 3.55. The van der Waals surface area contributed by atoms with Crippen LogP contribution in [-0.2, 0) is 0 Å². The quantitative estimate of drug-likeness (QED) is 0.731. The van der Waals surface area contributed by atoms with E-state index in [1.165, 1.54) is 38.5 Å². The zero-order valence-corrected chi connectivity index (χ0v) is 11.3. The summed E-state index contributed by atoms with van der Waals surface area (Å²) in [5, 5.41) is 0. The summed E-state index contributed by atoms with van der Waals surface area (Å²) in [7, 11) is 0. The maximum atomic E-state index is 6.49. The van der Waals surface area contributed by atoms with E-state index in [0.717, 1.165) is 0 Å². The first kappa shape index (κ1) is 13.0. The van der Waals surface area contributed by atoms with Crippen molar-refractivity contribution in [2.24, 2.45) is 16.6 Å². The Labute approximate surface area is 95.8 Å². The van der Waals surface area contributed by atoms with Gasteiger partial charge in [0.25, 0.3) is 0 Å². The van der Waals surface area contributed by atoms with E-state index in [4.69, 9.17) is 5.73 Å². The topological polar surface area (TPSA) is 26.0 Å². The van der Waals surface area contributed by atoms with E-state index in [-0.39, 0.29) is 5.54 Å². The molecule has 0 radical (unpaired) electrons. The Morgan fingerprint density at radius 1 is 1.00 bits per heavy atom. The molecular formula is C14H29N. The van der Waals surface area contributed by atoms with Crippen molar-refractivity contribution in [1.29, 1.82) is 0 Å². The fourth-order valence-corrected chi connectivity index (χ4v) is 2.30. The van der Waals surface area contributed by atoms with Crippen LogP contribution in [-0.4, -0.2) is 5.54 Å². The summed E-state index contributed by atoms with van der Waals surface area (Å²) in [4.78, 5) is 0. The molecule has 1 heteroatoms. The summed E-state index contributed by atoms with van der Waals surface area (Å²) >= 11 is 0. The van der Waals surface area contributed by atoms with Crippen LogP contribution in [0.15, 0.2) is 0 Å². The molecule has 1 fully saturated rings. The van der Waals surface area contributed by atoms with Crippen LogP contribution < -0.4 is 5.73 Å². The highest BCUT2D eigenvalue weighted by atomic mass is 14.7. The Hall–Kier alpha value is -0.0400. The molecule has 0 amide bonds. The third-order valence-corrected chi connectivity index (χ3v) is 3.97. The van der Waals surface area contributed by atoms with Gasteiger partial charge in [-0.15, -0.1) is 0 Å². The second-order valence-corrected chi connectivity index (χ2v) is 7.59. The monoisotopic (exact) mass is 211 g/mol. The van der Waals surface area contributed by atoms with Gasteiger partial charge in [-0.25, -0.2) is 0 Å². The molecule has 0 aliphatic heterocycles. The minimum atomic E-state index is 0.142. The summed E-state index contributed by atoms with van der Waals surface area (Å²) < 4.78 is 0. The summed E-state index contributed by atoms with van der Waals surface area (Å²) in [6.07, 6.45) is 7.49. The lowest BCUT2D eigenvalue weighted by molar-refractivity contribution is 0.145. The summed E-state index contributed by atoms with van der Waals surface area (Å²) in [5.41, 5.74) is 7.59. The minimum absolute atomic E-state index is 0.142. The van der Waals surface area contributed by atoms with Crippen LogP contribution in [0.4, 0.5) is 0 Å². The van der Waals surface area contributed by atoms with E-state index in [1.807, 2.05) is 0 Å². The van der Waals surface area contributed by atoms with Crippen LogP contribution in [0.1, 0.15) is 73.1 Å². The van der Waals surface area contributed by atoms with Gasteiger partial charge in [0.05, 0.1) is 0 Å². The molecule has 1 aliphatic carbocycles. The molecule has 0 bridgehead atoms. The van der Waals surface area contributed by atoms with Gasteiger partial charge in [-0.2, -0.15) is 0 Å². The number of hydrogen-bond donors (Lipinski definition) is 1. The molecule has 0 aromatic heterocycles. The van der Waals surface area contributed by atoms with E-state index in [2.05, 4.69) is 34.6 Å². The largest absolute Gasteiger partial charge is 0.325 e. The highest BCUT2D eigenvalue weighted by Gasteiger charge is 2.35. The lowest BCUT2D eigenvalue weighted by Gasteiger charge is -2.42. The number of hydrogen-bond acceptors (Lipinski definition) is 1. The van der Waals surface area contributed by atoms with Gasteiger partial charge in [0.15, 0.2) is 0 Å². The van der Waals surface area contributed by atoms with Gasteiger partial charge in [0.2, 0.25) is 0 Å². The van der Waals surface area contributed by atoms with E-state index in [9.17, 15) is 0 Å². The molecule has 90 valence electrons. The average Bonchev–Trinajstić information content (AvgIpc) is 2.07. The van der Waals surface area contributed by atoms with Crippen LogP contribution in [0.3, 0.4) is 0 Å². The van der Waals surface area contributed by atoms with Crippen LogP contribution in [0.5, 0.6) is 0 Å². The second kappa shape index (κ2) is 4.08. The van der Waals surface area contributed by atoms with Gasteiger partial charge >= 0.3 is 0 Å². The Morgan fingerprint density at radius 3 is 1.87 bits per heavy atom. The molecule has 15 heavy (non-hydrogen) atoms. The molecule has 2 N–H and O–H groups in total. The van der Waals surface area contributed by atoms with E-state index in [0.29, 0.717) is 10.8 Å². The third-order valence-electron chi connectivity index (χ3n) is 3.97. The fraction of sp³-hybridized carbons (Fsp3) is 1.00. The molecule has 0 atom stereocenters. The number of nitrogens with two attached hydrogens (primary N) is 1. The lowest BCUT2D eigenvalue weighted by atomic mass is 9.67. The first-order valence-electron chi connectivity index (χ1n) is 6.41. The van der Waals surface area contributed by atoms with Crippen molar-refractivity contribution in [2.75, 3.05) is 0 Å². The lowest BCUT2D eigenvalue weighted by Crippen LogP contribution is -2.45. The smallest absolute Gasteiger partial charge is 0.0155 e. The highest BCUT2D eigenvalue weighted by molar-refractivity contribution is 4.93. The van der Waals surface area contributed by atoms with Crippen molar-refractivity contribution < 1.29 is 0 Å². The first-order valence-corrected chi connectivity index (χ1v) is 6.41. The molecule has 0 aromatic rings. The first-order chi connectivity index (χ1) is 6.62. The molecule has 0 unspecified atom stereocenters. The predicted molar refractivity (Wildman–Crippen MR) is 67.9 cm³/mol. The van der Waals surface area contributed by atoms with Gasteiger partial charge in [-0.3, -0.25) is 0 Å². The molecular weight excluding hydrogens is 182 g/mol. The predicted octanol–water partition coefficient (Wildman–Crippen LogP) is 4.11. The summed E-state index contributed by atoms with van der Waals surface area (Å²) in [6.45, 7) is 11.7. The Bertz CT molecular complexity index is 200. The van der Waals surface area contributed by atoms with Gasteiger partial charge < -0.3 is 5.73 Å². The van der Waals surface area contributed by atoms with Crippen molar-refractivity contribution in [3.63, 3.8) is 0 Å². The fourth-order valence-electron chi connectivity index (χ4n) is 2.30. The molecule has 0 saturated heterocycles. The summed E-state index contributed by atoms with van der Waals surface area (Å²) in [5.74, 6) is 0. The zero-order chi connectivity index (χ0) is 11.7.